The van der Waals surface area contributed by atoms with Gasteiger partial charge in [0, 0.05) is 59.0 Å². The maximum atomic E-state index is 11.4. The fraction of sp³-hybridized carbons (Fsp3) is 0.618. The van der Waals surface area contributed by atoms with Crippen LogP contribution in [0.5, 0.6) is 0 Å². The number of likely N-dealkylation sites (tertiary alicyclic amines) is 1. The predicted molar refractivity (Wildman–Crippen MR) is 186 cm³/mol. The van der Waals surface area contributed by atoms with Crippen LogP contribution in [0.4, 0.5) is 0 Å². The van der Waals surface area contributed by atoms with E-state index in [-0.39, 0.29) is 5.69 Å². The highest BCUT2D eigenvalue weighted by atomic mass is 16.5. The van der Waals surface area contributed by atoms with E-state index in [1.165, 1.54) is 56.3 Å². The molecule has 0 bridgehead atoms. The van der Waals surface area contributed by atoms with Crippen LogP contribution in [0.2, 0.25) is 0 Å². The number of nitrogens with two attached hydrogens (primary N) is 5. The summed E-state index contributed by atoms with van der Waals surface area (Å²) in [6.07, 6.45) is 9.64. The molecule has 0 unspecified atom stereocenters. The van der Waals surface area contributed by atoms with Crippen molar-refractivity contribution in [2.45, 2.75) is 77.2 Å². The van der Waals surface area contributed by atoms with Gasteiger partial charge >= 0.3 is 5.69 Å². The number of aromatic amines is 1. The number of aryl methyl sites for hydroxylation is 1. The standard InChI is InChI=1S/C9H11N3O.C8H11N.C7H16N2.2C5H11NO/c10-5-6-12-8-4-2-1-3-7(8)11-9(12)13;1-7-2-4-8(6-9)5-3-7;8-4-7-9-5-2-1-3-6-9;2*6-4-5-2-1-3-7-5/h1-4H,5-6,10H2,(H,11,13);2-5H,6,9H2,1H3;1-8H2;2*5H,1-4,6H2/t;;;2*5-/m...10/s1. The molecule has 11 nitrogen and oxygen atoms in total. The summed E-state index contributed by atoms with van der Waals surface area (Å²) in [5, 5.41) is 0. The number of nitrogens with one attached hydrogen (secondary N) is 1. The van der Waals surface area contributed by atoms with Crippen molar-refractivity contribution in [3.63, 3.8) is 0 Å². The fourth-order valence-corrected chi connectivity index (χ4v) is 5.21. The van der Waals surface area contributed by atoms with Gasteiger partial charge in [0.25, 0.3) is 0 Å². The average molecular weight is 629 g/mol. The first-order valence-corrected chi connectivity index (χ1v) is 16.6. The third-order valence-corrected chi connectivity index (χ3v) is 7.86. The van der Waals surface area contributed by atoms with Crippen LogP contribution in [-0.2, 0) is 22.6 Å². The maximum absolute atomic E-state index is 11.4. The number of ether oxygens (including phenoxy) is 2. The van der Waals surface area contributed by atoms with E-state index >= 15 is 0 Å². The lowest BCUT2D eigenvalue weighted by Gasteiger charge is -2.25. The van der Waals surface area contributed by atoms with Gasteiger partial charge in [0.2, 0.25) is 0 Å². The minimum Gasteiger partial charge on any atom is -0.377 e. The van der Waals surface area contributed by atoms with Gasteiger partial charge < -0.3 is 48.0 Å². The molecule has 0 aliphatic carbocycles. The molecule has 2 aromatic carbocycles. The molecule has 0 spiro atoms. The summed E-state index contributed by atoms with van der Waals surface area (Å²) >= 11 is 0. The van der Waals surface area contributed by atoms with Crippen molar-refractivity contribution in [2.24, 2.45) is 28.7 Å². The van der Waals surface area contributed by atoms with Gasteiger partial charge in [-0.1, -0.05) is 48.4 Å². The number of benzene rings is 2. The normalized spacial score (nSPS) is 19.2. The van der Waals surface area contributed by atoms with Crippen molar-refractivity contribution < 1.29 is 9.47 Å². The van der Waals surface area contributed by atoms with E-state index in [0.717, 1.165) is 50.2 Å². The first-order valence-electron chi connectivity index (χ1n) is 16.6. The molecule has 4 heterocycles. The molecule has 3 aliphatic rings. The molecular weight excluding hydrogens is 568 g/mol. The molecule has 3 aliphatic heterocycles. The van der Waals surface area contributed by atoms with E-state index in [1.54, 1.807) is 4.57 Å². The van der Waals surface area contributed by atoms with Crippen molar-refractivity contribution in [1.82, 2.24) is 14.5 Å². The van der Waals surface area contributed by atoms with Crippen molar-refractivity contribution >= 4 is 11.0 Å². The third kappa shape index (κ3) is 15.5. The van der Waals surface area contributed by atoms with Gasteiger partial charge in [0.05, 0.1) is 23.2 Å². The Labute approximate surface area is 269 Å². The molecule has 6 rings (SSSR count). The molecule has 0 saturated carbocycles. The molecule has 2 atom stereocenters. The molecule has 254 valence electrons. The first-order chi connectivity index (χ1) is 21.9. The van der Waals surface area contributed by atoms with Crippen molar-refractivity contribution in [3.05, 3.63) is 70.1 Å². The number of piperidine rings is 1. The van der Waals surface area contributed by atoms with Crippen LogP contribution in [0.3, 0.4) is 0 Å². The average Bonchev–Trinajstić information content (AvgIpc) is 3.86. The van der Waals surface area contributed by atoms with Crippen LogP contribution in [0.25, 0.3) is 11.0 Å². The van der Waals surface area contributed by atoms with Crippen LogP contribution in [-0.4, -0.2) is 85.7 Å². The fourth-order valence-electron chi connectivity index (χ4n) is 5.21. The zero-order valence-corrected chi connectivity index (χ0v) is 27.5. The minimum atomic E-state index is -0.0911. The maximum Gasteiger partial charge on any atom is 0.326 e. The lowest BCUT2D eigenvalue weighted by atomic mass is 10.1. The Kier molecular flexibility index (Phi) is 20.3. The zero-order valence-electron chi connectivity index (χ0n) is 27.5. The van der Waals surface area contributed by atoms with Gasteiger partial charge in [-0.2, -0.15) is 0 Å². The smallest absolute Gasteiger partial charge is 0.326 e. The van der Waals surface area contributed by atoms with Crippen LogP contribution >= 0.6 is 0 Å². The summed E-state index contributed by atoms with van der Waals surface area (Å²) in [5.74, 6) is 0. The summed E-state index contributed by atoms with van der Waals surface area (Å²) in [7, 11) is 0. The summed E-state index contributed by atoms with van der Waals surface area (Å²) in [4.78, 5) is 16.6. The number of hydrogen-bond acceptors (Lipinski definition) is 9. The Morgan fingerprint density at radius 2 is 1.33 bits per heavy atom. The topological polar surface area (TPSA) is 190 Å². The third-order valence-electron chi connectivity index (χ3n) is 7.86. The molecule has 3 fully saturated rings. The highest BCUT2D eigenvalue weighted by Gasteiger charge is 2.12. The van der Waals surface area contributed by atoms with Crippen molar-refractivity contribution in [3.8, 4) is 0 Å². The Hall–Kier alpha value is -2.61. The number of imidazole rings is 1. The second kappa shape index (κ2) is 23.7. The van der Waals surface area contributed by atoms with Crippen molar-refractivity contribution in [2.75, 3.05) is 59.0 Å². The van der Waals surface area contributed by atoms with Gasteiger partial charge in [0.1, 0.15) is 0 Å². The van der Waals surface area contributed by atoms with E-state index in [0.29, 0.717) is 44.9 Å². The minimum absolute atomic E-state index is 0.0911. The van der Waals surface area contributed by atoms with Gasteiger partial charge in [-0.05, 0) is 76.2 Å². The molecule has 3 aromatic rings. The Morgan fingerprint density at radius 3 is 1.80 bits per heavy atom. The van der Waals surface area contributed by atoms with Gasteiger partial charge in [-0.3, -0.25) is 4.57 Å². The number of rotatable bonds is 7. The highest BCUT2D eigenvalue weighted by Crippen LogP contribution is 2.10. The van der Waals surface area contributed by atoms with E-state index in [4.69, 9.17) is 38.1 Å². The second-order valence-corrected chi connectivity index (χ2v) is 11.5. The van der Waals surface area contributed by atoms with Crippen LogP contribution in [0.1, 0.15) is 56.1 Å². The lowest BCUT2D eigenvalue weighted by molar-refractivity contribution is 0.117. The van der Waals surface area contributed by atoms with Crippen LogP contribution in [0.15, 0.2) is 53.3 Å². The van der Waals surface area contributed by atoms with E-state index in [1.807, 2.05) is 24.3 Å². The molecule has 1 aromatic heterocycles. The van der Waals surface area contributed by atoms with Gasteiger partial charge in [0.15, 0.2) is 0 Å². The summed E-state index contributed by atoms with van der Waals surface area (Å²) in [6, 6.07) is 15.8. The van der Waals surface area contributed by atoms with Crippen LogP contribution < -0.4 is 34.4 Å². The van der Waals surface area contributed by atoms with Crippen LogP contribution in [0, 0.1) is 6.92 Å². The highest BCUT2D eigenvalue weighted by molar-refractivity contribution is 5.74. The quantitative estimate of drug-likeness (QED) is 0.228. The molecule has 0 amide bonds. The number of hydrogen-bond donors (Lipinski definition) is 6. The monoisotopic (exact) mass is 628 g/mol. The predicted octanol–water partition coefficient (Wildman–Crippen LogP) is 2.42. The Bertz CT molecular complexity index is 1160. The number of fused-ring (bicyclic) bond motifs is 1. The largest absolute Gasteiger partial charge is 0.377 e. The molecule has 11 N–H and O–H groups in total. The van der Waals surface area contributed by atoms with E-state index in [2.05, 4.69) is 41.1 Å². The zero-order chi connectivity index (χ0) is 32.7. The molecule has 45 heavy (non-hydrogen) atoms. The number of aromatic nitrogens is 2. The second-order valence-electron chi connectivity index (χ2n) is 11.5. The summed E-state index contributed by atoms with van der Waals surface area (Å²) in [5.41, 5.74) is 31.0. The summed E-state index contributed by atoms with van der Waals surface area (Å²) < 4.78 is 12.0. The molecular formula is C34H60N8O3. The summed E-state index contributed by atoms with van der Waals surface area (Å²) in [6.45, 7) is 11.4. The van der Waals surface area contributed by atoms with E-state index < -0.39 is 0 Å². The number of para-hydroxylation sites is 2. The van der Waals surface area contributed by atoms with Crippen molar-refractivity contribution in [1.29, 1.82) is 0 Å². The Morgan fingerprint density at radius 1 is 0.756 bits per heavy atom. The number of nitrogens with zero attached hydrogens (tertiary/aromatic N) is 2. The van der Waals surface area contributed by atoms with E-state index in [9.17, 15) is 4.79 Å². The Balaban J connectivity index is 0.000000200. The molecule has 11 heteroatoms. The SMILES string of the molecule is Cc1ccc(CN)cc1.NCCN1CCCCC1.NCCn1c(=O)[nH]c2ccccc21.NC[C@@H]1CCCO1.NC[C@H]1CCCO1. The van der Waals surface area contributed by atoms with Gasteiger partial charge in [-0.15, -0.1) is 0 Å². The molecule has 3 saturated heterocycles. The first kappa shape index (κ1) is 38.6. The molecule has 0 radical (unpaired) electrons. The lowest BCUT2D eigenvalue weighted by Crippen LogP contribution is -2.33. The van der Waals surface area contributed by atoms with Gasteiger partial charge in [-0.25, -0.2) is 4.79 Å². The number of H-pyrrole nitrogens is 1.